The first-order chi connectivity index (χ1) is 10.4. The lowest BCUT2D eigenvalue weighted by molar-refractivity contribution is -0.384. The van der Waals surface area contributed by atoms with Gasteiger partial charge in [-0.05, 0) is 17.7 Å². The van der Waals surface area contributed by atoms with Crippen LogP contribution in [0.15, 0.2) is 34.5 Å². The first-order valence-corrected chi connectivity index (χ1v) is 7.76. The number of thioether (sulfide) groups is 1. The van der Waals surface area contributed by atoms with Crippen molar-refractivity contribution in [3.05, 3.63) is 45.8 Å². The van der Waals surface area contributed by atoms with Gasteiger partial charge in [-0.3, -0.25) is 10.1 Å². The second kappa shape index (κ2) is 6.40. The molecule has 0 bridgehead atoms. The number of fused-ring (bicyclic) bond motifs is 1. The van der Waals surface area contributed by atoms with Gasteiger partial charge in [-0.25, -0.2) is 0 Å². The molecule has 2 heterocycles. The number of aromatic nitrogens is 3. The molecule has 0 amide bonds. The van der Waals surface area contributed by atoms with E-state index < -0.39 is 4.92 Å². The van der Waals surface area contributed by atoms with E-state index in [0.717, 1.165) is 22.3 Å². The van der Waals surface area contributed by atoms with Crippen LogP contribution in [-0.2, 0) is 5.41 Å². The van der Waals surface area contributed by atoms with Crippen molar-refractivity contribution < 1.29 is 4.92 Å². The number of rotatable bonds is 2. The maximum atomic E-state index is 10.7. The molecule has 0 saturated carbocycles. The third-order valence-corrected chi connectivity index (χ3v) is 4.18. The van der Waals surface area contributed by atoms with E-state index in [1.807, 2.05) is 0 Å². The summed E-state index contributed by atoms with van der Waals surface area (Å²) < 4.78 is 1.77. The first kappa shape index (κ1) is 17.6. The number of hydrogen-bond donors (Lipinski definition) is 0. The highest BCUT2D eigenvalue weighted by molar-refractivity contribution is 8.93. The van der Waals surface area contributed by atoms with Crippen LogP contribution >= 0.6 is 28.7 Å². The zero-order chi connectivity index (χ0) is 15.9. The molecule has 0 spiro atoms. The molecular weight excluding hydrogens is 382 g/mol. The molecule has 3 rings (SSSR count). The van der Waals surface area contributed by atoms with Gasteiger partial charge in [-0.1, -0.05) is 32.5 Å². The minimum Gasteiger partial charge on any atom is -0.258 e. The second-order valence-electron chi connectivity index (χ2n) is 6.01. The Bertz CT molecular complexity index is 764. The van der Waals surface area contributed by atoms with Crippen LogP contribution in [-0.4, -0.2) is 31.3 Å². The van der Waals surface area contributed by atoms with E-state index >= 15 is 0 Å². The summed E-state index contributed by atoms with van der Waals surface area (Å²) in [7, 11) is 0. The van der Waals surface area contributed by atoms with Crippen LogP contribution in [0.1, 0.15) is 32.2 Å². The van der Waals surface area contributed by atoms with Crippen molar-refractivity contribution in [3.63, 3.8) is 0 Å². The molecule has 1 aliphatic rings. The van der Waals surface area contributed by atoms with E-state index in [2.05, 4.69) is 36.1 Å². The molecule has 122 valence electrons. The maximum Gasteiger partial charge on any atom is 0.269 e. The summed E-state index contributed by atoms with van der Waals surface area (Å²) >= 11 is 1.56. The second-order valence-corrected chi connectivity index (χ2v) is 6.95. The van der Waals surface area contributed by atoms with Crippen LogP contribution in [0.2, 0.25) is 0 Å². The number of nitro benzene ring substituents is 1. The maximum absolute atomic E-state index is 10.7. The van der Waals surface area contributed by atoms with E-state index in [0.29, 0.717) is 5.75 Å². The van der Waals surface area contributed by atoms with Crippen LogP contribution in [0.25, 0.3) is 0 Å². The monoisotopic (exact) mass is 397 g/mol. The van der Waals surface area contributed by atoms with Crippen LogP contribution in [0, 0.1) is 10.1 Å². The van der Waals surface area contributed by atoms with Gasteiger partial charge in [-0.15, -0.1) is 27.2 Å². The summed E-state index contributed by atoms with van der Waals surface area (Å²) in [5, 5.41) is 24.5. The molecule has 0 saturated heterocycles. The number of hydrogen-bond acceptors (Lipinski definition) is 6. The molecule has 9 heteroatoms. The SMILES string of the molecule is Br.CC(C)(C)c1nnc2n1N=C(c1ccc([N+](=O)[O-])cc1)CS2. The highest BCUT2D eigenvalue weighted by Crippen LogP contribution is 2.29. The van der Waals surface area contributed by atoms with Gasteiger partial charge in [0, 0.05) is 23.3 Å². The Morgan fingerprint density at radius 1 is 1.22 bits per heavy atom. The molecule has 0 atom stereocenters. The summed E-state index contributed by atoms with van der Waals surface area (Å²) in [6, 6.07) is 6.44. The van der Waals surface area contributed by atoms with Crippen molar-refractivity contribution >= 4 is 40.1 Å². The molecule has 23 heavy (non-hydrogen) atoms. The minimum absolute atomic E-state index is 0. The molecule has 0 unspecified atom stereocenters. The Morgan fingerprint density at radius 3 is 2.43 bits per heavy atom. The summed E-state index contributed by atoms with van der Waals surface area (Å²) in [5.41, 5.74) is 1.65. The molecule has 1 aromatic heterocycles. The van der Waals surface area contributed by atoms with Crippen molar-refractivity contribution in [3.8, 4) is 0 Å². The number of nitrogens with zero attached hydrogens (tertiary/aromatic N) is 5. The molecule has 1 aliphatic heterocycles. The molecular formula is C14H16BrN5O2S. The highest BCUT2D eigenvalue weighted by atomic mass is 79.9. The number of benzene rings is 1. The molecule has 0 N–H and O–H groups in total. The number of non-ortho nitro benzene ring substituents is 1. The lowest BCUT2D eigenvalue weighted by atomic mass is 9.96. The molecule has 0 aliphatic carbocycles. The van der Waals surface area contributed by atoms with Gasteiger partial charge in [0.2, 0.25) is 5.16 Å². The van der Waals surface area contributed by atoms with Crippen LogP contribution < -0.4 is 0 Å². The molecule has 2 aromatic rings. The van der Waals surface area contributed by atoms with E-state index in [-0.39, 0.29) is 28.1 Å². The topological polar surface area (TPSA) is 86.2 Å². The lowest BCUT2D eigenvalue weighted by Crippen LogP contribution is -2.21. The van der Waals surface area contributed by atoms with Gasteiger partial charge in [0.15, 0.2) is 5.82 Å². The Kier molecular flexibility index (Phi) is 4.90. The Hall–Kier alpha value is -1.74. The fraction of sp³-hybridized carbons (Fsp3) is 0.357. The predicted octanol–water partition coefficient (Wildman–Crippen LogP) is 3.42. The highest BCUT2D eigenvalue weighted by Gasteiger charge is 2.27. The quantitative estimate of drug-likeness (QED) is 0.572. The average molecular weight is 398 g/mol. The summed E-state index contributed by atoms with van der Waals surface area (Å²) in [6.07, 6.45) is 0. The summed E-state index contributed by atoms with van der Waals surface area (Å²) in [5.74, 6) is 1.47. The van der Waals surface area contributed by atoms with E-state index in [4.69, 9.17) is 0 Å². The van der Waals surface area contributed by atoms with Gasteiger partial charge in [0.05, 0.1) is 10.6 Å². The van der Waals surface area contributed by atoms with Crippen LogP contribution in [0.5, 0.6) is 0 Å². The fourth-order valence-electron chi connectivity index (χ4n) is 2.11. The average Bonchev–Trinajstić information content (AvgIpc) is 2.90. The van der Waals surface area contributed by atoms with Gasteiger partial charge in [0.25, 0.3) is 5.69 Å². The Balaban J connectivity index is 0.00000192. The normalized spacial score (nSPS) is 13.8. The van der Waals surface area contributed by atoms with Gasteiger partial charge < -0.3 is 0 Å². The third kappa shape index (κ3) is 3.45. The first-order valence-electron chi connectivity index (χ1n) is 6.77. The van der Waals surface area contributed by atoms with Crippen molar-refractivity contribution in [2.24, 2.45) is 5.10 Å². The van der Waals surface area contributed by atoms with Crippen molar-refractivity contribution in [1.29, 1.82) is 0 Å². The zero-order valence-corrected chi connectivity index (χ0v) is 15.4. The molecule has 1 aromatic carbocycles. The fourth-order valence-corrected chi connectivity index (χ4v) is 2.95. The summed E-state index contributed by atoms with van der Waals surface area (Å²) in [4.78, 5) is 10.3. The Morgan fingerprint density at radius 2 is 1.87 bits per heavy atom. The molecule has 0 fully saturated rings. The largest absolute Gasteiger partial charge is 0.269 e. The van der Waals surface area contributed by atoms with Crippen LogP contribution in [0.3, 0.4) is 0 Å². The van der Waals surface area contributed by atoms with Crippen molar-refractivity contribution in [1.82, 2.24) is 14.9 Å². The van der Waals surface area contributed by atoms with Gasteiger partial charge in [-0.2, -0.15) is 9.78 Å². The standard InChI is InChI=1S/C14H15N5O2S.BrH/c1-14(2,3)12-15-16-13-18(12)17-11(8-22-13)9-4-6-10(7-5-9)19(20)21;/h4-7H,8H2,1-3H3;1H. The van der Waals surface area contributed by atoms with E-state index in [1.54, 1.807) is 28.6 Å². The molecule has 0 radical (unpaired) electrons. The van der Waals surface area contributed by atoms with Crippen LogP contribution in [0.4, 0.5) is 5.69 Å². The smallest absolute Gasteiger partial charge is 0.258 e. The number of nitro groups is 1. The minimum atomic E-state index is -0.406. The van der Waals surface area contributed by atoms with E-state index in [9.17, 15) is 10.1 Å². The van der Waals surface area contributed by atoms with Crippen molar-refractivity contribution in [2.45, 2.75) is 31.3 Å². The lowest BCUT2D eigenvalue weighted by Gasteiger charge is -2.19. The Labute approximate surface area is 148 Å². The summed E-state index contributed by atoms with van der Waals surface area (Å²) in [6.45, 7) is 6.18. The van der Waals surface area contributed by atoms with Gasteiger partial charge >= 0.3 is 0 Å². The predicted molar refractivity (Wildman–Crippen MR) is 94.8 cm³/mol. The third-order valence-electron chi connectivity index (χ3n) is 3.25. The zero-order valence-electron chi connectivity index (χ0n) is 12.9. The van der Waals surface area contributed by atoms with Gasteiger partial charge in [0.1, 0.15) is 0 Å². The van der Waals surface area contributed by atoms with E-state index in [1.165, 1.54) is 12.1 Å². The van der Waals surface area contributed by atoms with Crippen molar-refractivity contribution in [2.75, 3.05) is 5.75 Å². The molecule has 7 nitrogen and oxygen atoms in total. The number of halogens is 1.